The first kappa shape index (κ1) is 15.0. The van der Waals surface area contributed by atoms with Crippen LogP contribution in [0.5, 0.6) is 0 Å². The summed E-state index contributed by atoms with van der Waals surface area (Å²) < 4.78 is 13.5. The summed E-state index contributed by atoms with van der Waals surface area (Å²) in [6.07, 6.45) is 0.368. The van der Waals surface area contributed by atoms with Crippen LogP contribution in [0.3, 0.4) is 0 Å². The minimum atomic E-state index is -0.222. The molecular weight excluding hydrogens is 301 g/mol. The molecule has 0 spiro atoms. The van der Waals surface area contributed by atoms with E-state index in [4.69, 9.17) is 0 Å². The van der Waals surface area contributed by atoms with Crippen LogP contribution in [0.2, 0.25) is 0 Å². The van der Waals surface area contributed by atoms with E-state index in [9.17, 15) is 9.18 Å². The van der Waals surface area contributed by atoms with Gasteiger partial charge in [-0.3, -0.25) is 4.79 Å². The minimum Gasteiger partial charge on any atom is -0.354 e. The maximum absolute atomic E-state index is 13.5. The summed E-state index contributed by atoms with van der Waals surface area (Å²) in [6.45, 7) is 2.20. The molecule has 1 N–H and O–H groups in total. The van der Waals surface area contributed by atoms with Crippen molar-refractivity contribution in [2.24, 2.45) is 0 Å². The molecule has 22 heavy (non-hydrogen) atoms. The summed E-state index contributed by atoms with van der Waals surface area (Å²) >= 11 is 1.60. The first-order valence-corrected chi connectivity index (χ1v) is 7.97. The number of hydrogen-bond donors (Lipinski definition) is 1. The molecule has 0 saturated heterocycles. The number of fused-ring (bicyclic) bond motifs is 1. The molecule has 1 atom stereocenters. The minimum absolute atomic E-state index is 0.00332. The first-order valence-electron chi connectivity index (χ1n) is 7.15. The third-order valence-corrected chi connectivity index (χ3v) is 5.22. The number of nitrogens with zero attached hydrogens (tertiary/aromatic N) is 2. The van der Waals surface area contributed by atoms with Crippen molar-refractivity contribution in [3.8, 4) is 0 Å². The molecule has 1 aliphatic rings. The lowest BCUT2D eigenvalue weighted by Gasteiger charge is -2.14. The molecule has 2 heterocycles. The summed E-state index contributed by atoms with van der Waals surface area (Å²) in [6, 6.07) is 5.07. The van der Waals surface area contributed by atoms with E-state index in [1.807, 2.05) is 25.1 Å². The van der Waals surface area contributed by atoms with Gasteiger partial charge in [-0.25, -0.2) is 9.37 Å². The van der Waals surface area contributed by atoms with Gasteiger partial charge in [0.1, 0.15) is 5.82 Å². The zero-order valence-corrected chi connectivity index (χ0v) is 13.6. The van der Waals surface area contributed by atoms with E-state index in [0.29, 0.717) is 18.5 Å². The number of aryl methyl sites for hydroxylation is 1. The number of hydrogen-bond acceptors (Lipinski definition) is 4. The Bertz CT molecular complexity index is 726. The Morgan fingerprint density at radius 1 is 1.41 bits per heavy atom. The van der Waals surface area contributed by atoms with Gasteiger partial charge in [-0.15, -0.1) is 11.3 Å². The SMILES string of the molecule is Cc1cc(C2CC(=O)NCc3nc(N(C)C)sc32)ccc1F. The molecule has 1 aromatic heterocycles. The third kappa shape index (κ3) is 2.70. The molecule has 2 aromatic rings. The standard InChI is InChI=1S/C16H18FN3OS/c1-9-6-10(4-5-12(9)17)11-7-14(21)18-8-13-15(11)22-16(19-13)20(2)3/h4-6,11H,7-8H2,1-3H3,(H,18,21). The van der Waals surface area contributed by atoms with E-state index >= 15 is 0 Å². The van der Waals surface area contributed by atoms with Crippen molar-refractivity contribution in [2.75, 3.05) is 19.0 Å². The second-order valence-corrected chi connectivity index (χ2v) is 6.75. The van der Waals surface area contributed by atoms with Gasteiger partial charge >= 0.3 is 0 Å². The lowest BCUT2D eigenvalue weighted by Crippen LogP contribution is -2.21. The molecular formula is C16H18FN3OS. The summed E-state index contributed by atoms with van der Waals surface area (Å²) in [5.41, 5.74) is 2.47. The van der Waals surface area contributed by atoms with Gasteiger partial charge in [0.25, 0.3) is 0 Å². The van der Waals surface area contributed by atoms with Crippen molar-refractivity contribution < 1.29 is 9.18 Å². The van der Waals surface area contributed by atoms with Crippen molar-refractivity contribution in [2.45, 2.75) is 25.8 Å². The average molecular weight is 319 g/mol. The second kappa shape index (κ2) is 5.68. The Labute approximate surface area is 133 Å². The van der Waals surface area contributed by atoms with E-state index in [1.165, 1.54) is 6.07 Å². The highest BCUT2D eigenvalue weighted by molar-refractivity contribution is 7.15. The summed E-state index contributed by atoms with van der Waals surface area (Å²) in [5.74, 6) is -0.285. The van der Waals surface area contributed by atoms with E-state index in [1.54, 1.807) is 24.3 Å². The predicted octanol–water partition coefficient (Wildman–Crippen LogP) is 2.81. The molecule has 1 aromatic carbocycles. The predicted molar refractivity (Wildman–Crippen MR) is 85.9 cm³/mol. The van der Waals surface area contributed by atoms with Crippen LogP contribution < -0.4 is 10.2 Å². The Morgan fingerprint density at radius 3 is 2.86 bits per heavy atom. The molecule has 1 unspecified atom stereocenters. The number of anilines is 1. The molecule has 116 valence electrons. The summed E-state index contributed by atoms with van der Waals surface area (Å²) in [7, 11) is 3.90. The van der Waals surface area contributed by atoms with Gasteiger partial charge in [0.15, 0.2) is 5.13 Å². The Kier molecular flexibility index (Phi) is 3.87. The lowest BCUT2D eigenvalue weighted by molar-refractivity contribution is -0.121. The zero-order valence-electron chi connectivity index (χ0n) is 12.8. The molecule has 0 saturated carbocycles. The monoisotopic (exact) mass is 319 g/mol. The number of benzene rings is 1. The molecule has 4 nitrogen and oxygen atoms in total. The second-order valence-electron chi connectivity index (χ2n) is 5.74. The van der Waals surface area contributed by atoms with Gasteiger partial charge in [0.2, 0.25) is 5.91 Å². The van der Waals surface area contributed by atoms with Crippen LogP contribution in [-0.2, 0) is 11.3 Å². The Morgan fingerprint density at radius 2 is 2.18 bits per heavy atom. The van der Waals surface area contributed by atoms with Crippen LogP contribution in [0.25, 0.3) is 0 Å². The highest BCUT2D eigenvalue weighted by atomic mass is 32.1. The van der Waals surface area contributed by atoms with Crippen LogP contribution in [0, 0.1) is 12.7 Å². The Hall–Kier alpha value is -1.95. The number of carbonyl (C=O) groups excluding carboxylic acids is 1. The Balaban J connectivity index is 2.08. The van der Waals surface area contributed by atoms with Crippen LogP contribution in [0.4, 0.5) is 9.52 Å². The van der Waals surface area contributed by atoms with Gasteiger partial charge in [0.05, 0.1) is 12.2 Å². The van der Waals surface area contributed by atoms with Crippen molar-refractivity contribution >= 4 is 22.4 Å². The van der Waals surface area contributed by atoms with Gasteiger partial charge < -0.3 is 10.2 Å². The van der Waals surface area contributed by atoms with Gasteiger partial charge in [-0.1, -0.05) is 12.1 Å². The molecule has 1 amide bonds. The summed E-state index contributed by atoms with van der Waals surface area (Å²) in [4.78, 5) is 19.7. The van der Waals surface area contributed by atoms with Gasteiger partial charge in [-0.05, 0) is 24.1 Å². The number of halogens is 1. The normalized spacial score (nSPS) is 17.6. The van der Waals surface area contributed by atoms with Crippen molar-refractivity contribution in [1.82, 2.24) is 10.3 Å². The first-order chi connectivity index (χ1) is 10.5. The van der Waals surface area contributed by atoms with E-state index in [-0.39, 0.29) is 17.6 Å². The van der Waals surface area contributed by atoms with E-state index in [2.05, 4.69) is 10.3 Å². The quantitative estimate of drug-likeness (QED) is 0.926. The molecule has 3 rings (SSSR count). The highest BCUT2D eigenvalue weighted by Crippen LogP contribution is 2.39. The van der Waals surface area contributed by atoms with E-state index in [0.717, 1.165) is 21.3 Å². The fraction of sp³-hybridized carbons (Fsp3) is 0.375. The molecule has 0 aliphatic carbocycles. The molecule has 0 radical (unpaired) electrons. The maximum Gasteiger partial charge on any atom is 0.221 e. The van der Waals surface area contributed by atoms with Gasteiger partial charge in [0, 0.05) is 31.3 Å². The number of carbonyl (C=O) groups is 1. The van der Waals surface area contributed by atoms with Crippen molar-refractivity contribution in [3.63, 3.8) is 0 Å². The van der Waals surface area contributed by atoms with Crippen LogP contribution in [-0.4, -0.2) is 25.0 Å². The van der Waals surface area contributed by atoms with Crippen LogP contribution >= 0.6 is 11.3 Å². The van der Waals surface area contributed by atoms with Crippen LogP contribution in [0.1, 0.15) is 34.0 Å². The van der Waals surface area contributed by atoms with E-state index < -0.39 is 0 Å². The number of thiazole rings is 1. The molecule has 6 heteroatoms. The highest BCUT2D eigenvalue weighted by Gasteiger charge is 2.28. The fourth-order valence-corrected chi connectivity index (χ4v) is 3.76. The number of amides is 1. The van der Waals surface area contributed by atoms with Crippen LogP contribution in [0.15, 0.2) is 18.2 Å². The number of rotatable bonds is 2. The molecule has 0 bridgehead atoms. The van der Waals surface area contributed by atoms with Crippen molar-refractivity contribution in [3.05, 3.63) is 45.7 Å². The fourth-order valence-electron chi connectivity index (χ4n) is 2.63. The number of nitrogens with one attached hydrogen (secondary N) is 1. The number of aromatic nitrogens is 1. The molecule has 1 aliphatic heterocycles. The zero-order chi connectivity index (χ0) is 15.9. The summed E-state index contributed by atoms with van der Waals surface area (Å²) in [5, 5.41) is 3.81. The maximum atomic E-state index is 13.5. The lowest BCUT2D eigenvalue weighted by atomic mass is 9.92. The topological polar surface area (TPSA) is 45.2 Å². The average Bonchev–Trinajstić information content (AvgIpc) is 2.83. The smallest absolute Gasteiger partial charge is 0.221 e. The van der Waals surface area contributed by atoms with Crippen molar-refractivity contribution in [1.29, 1.82) is 0 Å². The van der Waals surface area contributed by atoms with Gasteiger partial charge in [-0.2, -0.15) is 0 Å². The largest absolute Gasteiger partial charge is 0.354 e. The molecule has 0 fully saturated rings. The third-order valence-electron chi connectivity index (χ3n) is 3.84.